The minimum absolute atomic E-state index is 0.0916. The Balaban J connectivity index is 1.66. The van der Waals surface area contributed by atoms with Gasteiger partial charge < -0.3 is 10.1 Å². The topological polar surface area (TPSA) is 65.4 Å². The van der Waals surface area contributed by atoms with E-state index in [-0.39, 0.29) is 18.2 Å². The molecule has 0 radical (unpaired) electrons. The lowest BCUT2D eigenvalue weighted by Crippen LogP contribution is -2.28. The Bertz CT molecular complexity index is 847. The minimum Gasteiger partial charge on any atom is -0.497 e. The van der Waals surface area contributed by atoms with Gasteiger partial charge >= 0.3 is 0 Å². The number of amidine groups is 1. The number of para-hydroxylation sites is 1. The molecule has 2 aliphatic rings. The van der Waals surface area contributed by atoms with Gasteiger partial charge in [-0.05, 0) is 36.4 Å². The SMILES string of the molecule is COc1ccc(N2C(=N)/C(=C3/Nc4ccccc4S3)CC2=O)cc1. The van der Waals surface area contributed by atoms with E-state index in [1.54, 1.807) is 43.1 Å². The first kappa shape index (κ1) is 14.8. The van der Waals surface area contributed by atoms with Crippen molar-refractivity contribution >= 4 is 34.9 Å². The molecule has 120 valence electrons. The number of amides is 1. The van der Waals surface area contributed by atoms with E-state index >= 15 is 0 Å². The number of carbonyl (C=O) groups excluding carboxylic acids is 1. The van der Waals surface area contributed by atoms with Crippen LogP contribution in [-0.4, -0.2) is 18.9 Å². The summed E-state index contributed by atoms with van der Waals surface area (Å²) in [5.41, 5.74) is 2.44. The standard InChI is InChI=1S/C18H15N3O2S/c1-23-12-8-6-11(7-9-12)21-16(22)10-13(17(21)19)18-20-14-4-2-3-5-15(14)24-18/h2-9,19-20H,10H2,1H3/b18-13-,19-17?. The molecule has 2 aromatic rings. The number of rotatable bonds is 2. The van der Waals surface area contributed by atoms with Gasteiger partial charge in [-0.3, -0.25) is 15.1 Å². The van der Waals surface area contributed by atoms with E-state index in [1.807, 2.05) is 24.3 Å². The van der Waals surface area contributed by atoms with Gasteiger partial charge in [-0.15, -0.1) is 0 Å². The highest BCUT2D eigenvalue weighted by Gasteiger charge is 2.35. The van der Waals surface area contributed by atoms with Gasteiger partial charge in [0.1, 0.15) is 11.6 Å². The molecular formula is C18H15N3O2S. The fourth-order valence-corrected chi connectivity index (χ4v) is 3.87. The lowest BCUT2D eigenvalue weighted by molar-refractivity contribution is -0.116. The van der Waals surface area contributed by atoms with Gasteiger partial charge in [-0.1, -0.05) is 23.9 Å². The normalized spacial score (nSPS) is 19.5. The second kappa shape index (κ2) is 5.72. The molecule has 5 nitrogen and oxygen atoms in total. The molecule has 2 aliphatic heterocycles. The average Bonchev–Trinajstić information content (AvgIpc) is 3.15. The van der Waals surface area contributed by atoms with Crippen LogP contribution in [0.4, 0.5) is 11.4 Å². The molecule has 1 amide bonds. The third-order valence-corrected chi connectivity index (χ3v) is 5.17. The molecule has 0 spiro atoms. The number of fused-ring (bicyclic) bond motifs is 1. The third kappa shape index (κ3) is 2.35. The Morgan fingerprint density at radius 3 is 2.62 bits per heavy atom. The monoisotopic (exact) mass is 337 g/mol. The van der Waals surface area contributed by atoms with Crippen molar-refractivity contribution in [3.63, 3.8) is 0 Å². The molecule has 2 heterocycles. The third-order valence-electron chi connectivity index (χ3n) is 4.04. The van der Waals surface area contributed by atoms with Crippen LogP contribution >= 0.6 is 11.8 Å². The molecular weight excluding hydrogens is 322 g/mol. The zero-order valence-corrected chi connectivity index (χ0v) is 13.8. The van der Waals surface area contributed by atoms with Crippen molar-refractivity contribution in [3.8, 4) is 5.75 Å². The number of hydrogen-bond donors (Lipinski definition) is 2. The van der Waals surface area contributed by atoms with Crippen molar-refractivity contribution in [1.29, 1.82) is 5.41 Å². The largest absolute Gasteiger partial charge is 0.497 e. The summed E-state index contributed by atoms with van der Waals surface area (Å²) in [4.78, 5) is 15.0. The molecule has 4 rings (SSSR count). The molecule has 0 aliphatic carbocycles. The number of carbonyl (C=O) groups is 1. The Hall–Kier alpha value is -2.73. The predicted octanol–water partition coefficient (Wildman–Crippen LogP) is 3.84. The zero-order chi connectivity index (χ0) is 16.7. The molecule has 24 heavy (non-hydrogen) atoms. The zero-order valence-electron chi connectivity index (χ0n) is 13.0. The van der Waals surface area contributed by atoms with Crippen LogP contribution in [0, 0.1) is 5.41 Å². The molecule has 0 bridgehead atoms. The van der Waals surface area contributed by atoms with Gasteiger partial charge in [-0.25, -0.2) is 0 Å². The second-order valence-corrected chi connectivity index (χ2v) is 6.54. The van der Waals surface area contributed by atoms with E-state index in [0.29, 0.717) is 5.69 Å². The van der Waals surface area contributed by atoms with Crippen LogP contribution in [0.2, 0.25) is 0 Å². The smallest absolute Gasteiger partial charge is 0.237 e. The predicted molar refractivity (Wildman–Crippen MR) is 95.8 cm³/mol. The van der Waals surface area contributed by atoms with Crippen LogP contribution in [-0.2, 0) is 4.79 Å². The number of thioether (sulfide) groups is 1. The molecule has 0 aromatic heterocycles. The summed E-state index contributed by atoms with van der Waals surface area (Å²) in [7, 11) is 1.60. The van der Waals surface area contributed by atoms with Gasteiger partial charge in [0, 0.05) is 10.5 Å². The number of nitrogens with zero attached hydrogens (tertiary/aromatic N) is 1. The van der Waals surface area contributed by atoms with Crippen molar-refractivity contribution in [2.75, 3.05) is 17.3 Å². The first-order valence-corrected chi connectivity index (χ1v) is 8.32. The van der Waals surface area contributed by atoms with Crippen LogP contribution in [0.5, 0.6) is 5.75 Å². The first-order valence-electron chi connectivity index (χ1n) is 7.50. The summed E-state index contributed by atoms with van der Waals surface area (Å²) in [5.74, 6) is 0.859. The Morgan fingerprint density at radius 2 is 1.92 bits per heavy atom. The Morgan fingerprint density at radius 1 is 1.17 bits per heavy atom. The lowest BCUT2D eigenvalue weighted by atomic mass is 10.2. The van der Waals surface area contributed by atoms with Crippen LogP contribution in [0.25, 0.3) is 0 Å². The molecule has 6 heteroatoms. The van der Waals surface area contributed by atoms with Crippen LogP contribution < -0.4 is 15.0 Å². The van der Waals surface area contributed by atoms with Gasteiger partial charge in [0.15, 0.2) is 0 Å². The first-order chi connectivity index (χ1) is 11.7. The summed E-state index contributed by atoms with van der Waals surface area (Å²) in [6, 6.07) is 15.1. The summed E-state index contributed by atoms with van der Waals surface area (Å²) in [6.07, 6.45) is 0.230. The maximum absolute atomic E-state index is 12.5. The van der Waals surface area contributed by atoms with E-state index in [1.165, 1.54) is 4.90 Å². The number of ether oxygens (including phenoxy) is 1. The van der Waals surface area contributed by atoms with Crippen LogP contribution in [0.15, 0.2) is 64.0 Å². The van der Waals surface area contributed by atoms with Gasteiger partial charge in [0.2, 0.25) is 5.91 Å². The van der Waals surface area contributed by atoms with Gasteiger partial charge in [0.05, 0.1) is 29.9 Å². The van der Waals surface area contributed by atoms with Gasteiger partial charge in [-0.2, -0.15) is 0 Å². The maximum atomic E-state index is 12.5. The van der Waals surface area contributed by atoms with Crippen molar-refractivity contribution < 1.29 is 9.53 Å². The quantitative estimate of drug-likeness (QED) is 0.874. The van der Waals surface area contributed by atoms with Crippen LogP contribution in [0.1, 0.15) is 6.42 Å². The Labute approximate surface area is 143 Å². The summed E-state index contributed by atoms with van der Waals surface area (Å²) in [6.45, 7) is 0. The molecule has 0 atom stereocenters. The number of benzene rings is 2. The van der Waals surface area contributed by atoms with E-state index < -0.39 is 0 Å². The van der Waals surface area contributed by atoms with E-state index in [0.717, 1.165) is 26.9 Å². The molecule has 0 saturated carbocycles. The molecule has 0 unspecified atom stereocenters. The van der Waals surface area contributed by atoms with E-state index in [4.69, 9.17) is 10.1 Å². The second-order valence-electron chi connectivity index (χ2n) is 5.48. The van der Waals surface area contributed by atoms with Gasteiger partial charge in [0.25, 0.3) is 0 Å². The number of nitrogens with one attached hydrogen (secondary N) is 2. The van der Waals surface area contributed by atoms with Crippen molar-refractivity contribution in [3.05, 3.63) is 59.1 Å². The molecule has 2 N–H and O–H groups in total. The summed E-state index contributed by atoms with van der Waals surface area (Å²) in [5, 5.41) is 12.7. The highest BCUT2D eigenvalue weighted by Crippen LogP contribution is 2.44. The molecule has 1 fully saturated rings. The van der Waals surface area contributed by atoms with Crippen molar-refractivity contribution in [2.24, 2.45) is 0 Å². The van der Waals surface area contributed by atoms with Crippen molar-refractivity contribution in [1.82, 2.24) is 0 Å². The summed E-state index contributed by atoms with van der Waals surface area (Å²) >= 11 is 1.57. The van der Waals surface area contributed by atoms with Crippen LogP contribution in [0.3, 0.4) is 0 Å². The lowest BCUT2D eigenvalue weighted by Gasteiger charge is -2.16. The number of anilines is 2. The fourth-order valence-electron chi connectivity index (χ4n) is 2.82. The minimum atomic E-state index is -0.0916. The maximum Gasteiger partial charge on any atom is 0.237 e. The molecule has 1 saturated heterocycles. The number of hydrogen-bond acceptors (Lipinski definition) is 5. The highest BCUT2D eigenvalue weighted by atomic mass is 32.2. The number of methoxy groups -OCH3 is 1. The molecule has 2 aromatic carbocycles. The van der Waals surface area contributed by atoms with Crippen molar-refractivity contribution in [2.45, 2.75) is 11.3 Å². The Kier molecular flexibility index (Phi) is 3.54. The average molecular weight is 337 g/mol. The summed E-state index contributed by atoms with van der Waals surface area (Å²) < 4.78 is 5.14. The highest BCUT2D eigenvalue weighted by molar-refractivity contribution is 8.03. The fraction of sp³-hybridized carbons (Fsp3) is 0.111. The van der Waals surface area contributed by atoms with E-state index in [9.17, 15) is 4.79 Å². The van der Waals surface area contributed by atoms with E-state index in [2.05, 4.69) is 5.32 Å².